The van der Waals surface area contributed by atoms with Crippen LogP contribution in [-0.4, -0.2) is 54.0 Å². The minimum Gasteiger partial charge on any atom is -0.352 e. The fourth-order valence-electron chi connectivity index (χ4n) is 4.35. The second-order valence-corrected chi connectivity index (χ2v) is 11.1. The van der Waals surface area contributed by atoms with E-state index in [0.717, 1.165) is 10.5 Å². The summed E-state index contributed by atoms with van der Waals surface area (Å²) in [6.45, 7) is 2.41. The number of nitrogens with one attached hydrogen (secondary N) is 1. The average Bonchev–Trinajstić information content (AvgIpc) is 3.08. The molecule has 1 aliphatic rings. The van der Waals surface area contributed by atoms with Crippen LogP contribution < -0.4 is 5.32 Å². The molecule has 1 atom stereocenters. The molecule has 10 heteroatoms. The Hall–Kier alpha value is -4.05. The van der Waals surface area contributed by atoms with Crippen LogP contribution in [0.15, 0.2) is 83.8 Å². The first kappa shape index (κ1) is 27.0. The van der Waals surface area contributed by atoms with Gasteiger partial charge in [-0.25, -0.2) is 17.1 Å². The van der Waals surface area contributed by atoms with E-state index in [1.807, 2.05) is 6.07 Å². The van der Waals surface area contributed by atoms with Crippen molar-refractivity contribution >= 4 is 27.7 Å². The van der Waals surface area contributed by atoms with E-state index >= 15 is 0 Å². The van der Waals surface area contributed by atoms with Gasteiger partial charge in [0.2, 0.25) is 11.8 Å². The molecule has 0 aliphatic carbocycles. The van der Waals surface area contributed by atoms with Gasteiger partial charge in [-0.1, -0.05) is 60.7 Å². The van der Waals surface area contributed by atoms with Crippen LogP contribution in [0.2, 0.25) is 0 Å². The predicted octanol–water partition coefficient (Wildman–Crippen LogP) is 3.13. The van der Waals surface area contributed by atoms with Crippen molar-refractivity contribution < 1.29 is 27.2 Å². The summed E-state index contributed by atoms with van der Waals surface area (Å²) in [5.41, 5.74) is 0.870. The fraction of sp³-hybridized carbons (Fsp3) is 0.250. The van der Waals surface area contributed by atoms with Crippen LogP contribution in [0.25, 0.3) is 0 Å². The number of benzene rings is 3. The second kappa shape index (κ2) is 11.1. The van der Waals surface area contributed by atoms with Gasteiger partial charge in [0, 0.05) is 24.6 Å². The monoisotopic (exact) mass is 537 g/mol. The van der Waals surface area contributed by atoms with Crippen LogP contribution in [-0.2, 0) is 32.6 Å². The van der Waals surface area contributed by atoms with Crippen molar-refractivity contribution in [3.63, 3.8) is 0 Å². The third-order valence-electron chi connectivity index (χ3n) is 6.19. The molecule has 8 nitrogen and oxygen atoms in total. The molecule has 0 aromatic heterocycles. The maximum absolute atomic E-state index is 14.7. The van der Waals surface area contributed by atoms with Gasteiger partial charge in [0.25, 0.3) is 15.9 Å². The molecule has 198 valence electrons. The largest absolute Gasteiger partial charge is 0.352 e. The minimum absolute atomic E-state index is 0.0284. The van der Waals surface area contributed by atoms with E-state index in [1.54, 1.807) is 44.2 Å². The van der Waals surface area contributed by atoms with Gasteiger partial charge in [-0.15, -0.1) is 0 Å². The predicted molar refractivity (Wildman–Crippen MR) is 139 cm³/mol. The number of amides is 3. The number of hydrogen-bond acceptors (Lipinski definition) is 5. The second-order valence-electron chi connectivity index (χ2n) is 9.29. The standard InChI is InChI=1S/C28H28FN3O5S/c1-19(2)30-27(34)24(16-20-10-4-3-5-11-20)31(17-21-12-6-8-14-23(21)29)26(33)18-32-28(35)22-13-7-9-15-25(22)38(32,36)37/h3-15,19,24H,16-18H2,1-2H3,(H,30,34)/t24-/m0/s1. The topological polar surface area (TPSA) is 104 Å². The Bertz CT molecular complexity index is 1460. The van der Waals surface area contributed by atoms with Gasteiger partial charge in [0.1, 0.15) is 23.3 Å². The molecule has 1 heterocycles. The minimum atomic E-state index is -4.27. The summed E-state index contributed by atoms with van der Waals surface area (Å²) in [6, 6.07) is 19.2. The lowest BCUT2D eigenvalue weighted by Gasteiger charge is -2.33. The molecular weight excluding hydrogens is 509 g/mol. The molecule has 3 aromatic rings. The molecule has 0 saturated carbocycles. The summed E-state index contributed by atoms with van der Waals surface area (Å²) < 4.78 is 41.4. The van der Waals surface area contributed by atoms with Gasteiger partial charge >= 0.3 is 0 Å². The van der Waals surface area contributed by atoms with Gasteiger partial charge < -0.3 is 10.2 Å². The zero-order chi connectivity index (χ0) is 27.4. The van der Waals surface area contributed by atoms with Crippen LogP contribution in [0, 0.1) is 5.82 Å². The number of rotatable bonds is 9. The molecule has 1 N–H and O–H groups in total. The zero-order valence-corrected chi connectivity index (χ0v) is 21.8. The number of fused-ring (bicyclic) bond motifs is 1. The third-order valence-corrected chi connectivity index (χ3v) is 7.98. The van der Waals surface area contributed by atoms with E-state index in [4.69, 9.17) is 0 Å². The lowest BCUT2D eigenvalue weighted by Crippen LogP contribution is -2.54. The molecule has 0 bridgehead atoms. The third kappa shape index (κ3) is 5.60. The fourth-order valence-corrected chi connectivity index (χ4v) is 5.86. The lowest BCUT2D eigenvalue weighted by atomic mass is 10.0. The maximum atomic E-state index is 14.7. The van der Waals surface area contributed by atoms with Crippen molar-refractivity contribution in [2.24, 2.45) is 0 Å². The Morgan fingerprint density at radius 2 is 1.58 bits per heavy atom. The van der Waals surface area contributed by atoms with Crippen molar-refractivity contribution in [3.05, 3.63) is 101 Å². The smallest absolute Gasteiger partial charge is 0.269 e. The Morgan fingerprint density at radius 1 is 0.947 bits per heavy atom. The molecule has 1 aliphatic heterocycles. The first-order valence-electron chi connectivity index (χ1n) is 12.1. The first-order chi connectivity index (χ1) is 18.1. The number of hydrogen-bond donors (Lipinski definition) is 1. The van der Waals surface area contributed by atoms with Gasteiger partial charge in [-0.2, -0.15) is 0 Å². The summed E-state index contributed by atoms with van der Waals surface area (Å²) in [5.74, 6) is -2.69. The number of nitrogens with zero attached hydrogens (tertiary/aromatic N) is 2. The number of sulfonamides is 1. The van der Waals surface area contributed by atoms with Crippen LogP contribution in [0.5, 0.6) is 0 Å². The van der Waals surface area contributed by atoms with E-state index in [1.165, 1.54) is 42.5 Å². The summed E-state index contributed by atoms with van der Waals surface area (Å²) in [5, 5.41) is 2.81. The summed E-state index contributed by atoms with van der Waals surface area (Å²) in [6.07, 6.45) is 0.0977. The van der Waals surface area contributed by atoms with E-state index in [0.29, 0.717) is 4.31 Å². The van der Waals surface area contributed by atoms with Gasteiger partial charge in [0.15, 0.2) is 0 Å². The highest BCUT2D eigenvalue weighted by molar-refractivity contribution is 7.90. The highest BCUT2D eigenvalue weighted by Crippen LogP contribution is 2.30. The van der Waals surface area contributed by atoms with E-state index < -0.39 is 46.1 Å². The quantitative estimate of drug-likeness (QED) is 0.452. The van der Waals surface area contributed by atoms with Crippen LogP contribution in [0.4, 0.5) is 4.39 Å². The van der Waals surface area contributed by atoms with Crippen molar-refractivity contribution in [2.75, 3.05) is 6.54 Å². The van der Waals surface area contributed by atoms with Crippen LogP contribution in [0.3, 0.4) is 0 Å². The van der Waals surface area contributed by atoms with Gasteiger partial charge in [0.05, 0.1) is 5.56 Å². The molecule has 38 heavy (non-hydrogen) atoms. The van der Waals surface area contributed by atoms with E-state index in [9.17, 15) is 27.2 Å². The van der Waals surface area contributed by atoms with Gasteiger partial charge in [-0.05, 0) is 37.6 Å². The Balaban J connectivity index is 1.73. The molecule has 0 saturated heterocycles. The molecule has 4 rings (SSSR count). The molecule has 3 amide bonds. The summed E-state index contributed by atoms with van der Waals surface area (Å²) in [7, 11) is -4.27. The van der Waals surface area contributed by atoms with Crippen molar-refractivity contribution in [1.82, 2.24) is 14.5 Å². The summed E-state index contributed by atoms with van der Waals surface area (Å²) in [4.78, 5) is 41.1. The van der Waals surface area contributed by atoms with Crippen molar-refractivity contribution in [1.29, 1.82) is 0 Å². The number of carbonyl (C=O) groups is 3. The number of carbonyl (C=O) groups excluding carboxylic acids is 3. The van der Waals surface area contributed by atoms with Crippen LogP contribution in [0.1, 0.15) is 35.3 Å². The zero-order valence-electron chi connectivity index (χ0n) is 21.0. The Kier molecular flexibility index (Phi) is 7.91. The molecule has 3 aromatic carbocycles. The number of halogens is 1. The van der Waals surface area contributed by atoms with E-state index in [2.05, 4.69) is 5.32 Å². The molecule has 0 fully saturated rings. The van der Waals surface area contributed by atoms with Crippen molar-refractivity contribution in [3.8, 4) is 0 Å². The Morgan fingerprint density at radius 3 is 2.24 bits per heavy atom. The summed E-state index contributed by atoms with van der Waals surface area (Å²) >= 11 is 0. The molecule has 0 spiro atoms. The van der Waals surface area contributed by atoms with Crippen LogP contribution >= 0.6 is 0 Å². The lowest BCUT2D eigenvalue weighted by molar-refractivity contribution is -0.141. The molecule has 0 radical (unpaired) electrons. The van der Waals surface area contributed by atoms with Crippen molar-refractivity contribution in [2.45, 2.75) is 43.8 Å². The highest BCUT2D eigenvalue weighted by atomic mass is 32.2. The molecular formula is C28H28FN3O5S. The maximum Gasteiger partial charge on any atom is 0.269 e. The molecule has 0 unspecified atom stereocenters. The Labute approximate surface area is 221 Å². The average molecular weight is 538 g/mol. The van der Waals surface area contributed by atoms with Gasteiger partial charge in [-0.3, -0.25) is 14.4 Å². The highest BCUT2D eigenvalue weighted by Gasteiger charge is 2.43. The SMILES string of the molecule is CC(C)NC(=O)[C@H](Cc1ccccc1)N(Cc1ccccc1F)C(=O)CN1C(=O)c2ccccc2S1(=O)=O. The van der Waals surface area contributed by atoms with E-state index in [-0.39, 0.29) is 35.0 Å². The normalized spacial score (nSPS) is 14.7. The first-order valence-corrected chi connectivity index (χ1v) is 13.6.